The summed E-state index contributed by atoms with van der Waals surface area (Å²) in [5.41, 5.74) is -0.184. The average molecular weight is 302 g/mol. The lowest BCUT2D eigenvalue weighted by Crippen LogP contribution is -2.67. The number of hydrogen-bond acceptors (Lipinski definition) is 4. The molecule has 118 valence electrons. The van der Waals surface area contributed by atoms with Crippen LogP contribution in [0.4, 0.5) is 0 Å². The van der Waals surface area contributed by atoms with E-state index < -0.39 is 0 Å². The zero-order valence-corrected chi connectivity index (χ0v) is 12.7. The summed E-state index contributed by atoms with van der Waals surface area (Å²) in [4.78, 5) is 18.3. The number of aromatic nitrogens is 1. The molecular formula is C17H22N2O3. The van der Waals surface area contributed by atoms with Crippen LogP contribution in [0.5, 0.6) is 5.88 Å². The molecule has 1 saturated carbocycles. The quantitative estimate of drug-likeness (QED) is 0.854. The van der Waals surface area contributed by atoms with Crippen LogP contribution in [-0.2, 0) is 9.53 Å². The van der Waals surface area contributed by atoms with Crippen molar-refractivity contribution in [2.75, 3.05) is 19.7 Å². The predicted molar refractivity (Wildman–Crippen MR) is 80.5 cm³/mol. The minimum atomic E-state index is -0.184. The fraction of sp³-hybridized carbons (Fsp3) is 0.647. The molecule has 2 aliphatic heterocycles. The lowest BCUT2D eigenvalue weighted by atomic mass is 9.84. The molecule has 1 aromatic rings. The minimum Gasteiger partial charge on any atom is -0.474 e. The molecule has 1 aliphatic carbocycles. The van der Waals surface area contributed by atoms with E-state index in [9.17, 15) is 4.79 Å². The fourth-order valence-corrected chi connectivity index (χ4v) is 3.42. The topological polar surface area (TPSA) is 51.7 Å². The van der Waals surface area contributed by atoms with Gasteiger partial charge in [-0.3, -0.25) is 4.79 Å². The highest BCUT2D eigenvalue weighted by atomic mass is 16.5. The van der Waals surface area contributed by atoms with Gasteiger partial charge in [-0.25, -0.2) is 4.98 Å². The van der Waals surface area contributed by atoms with E-state index in [1.165, 1.54) is 12.8 Å². The van der Waals surface area contributed by atoms with Gasteiger partial charge in [-0.05, 0) is 24.8 Å². The van der Waals surface area contributed by atoms with Crippen molar-refractivity contribution < 1.29 is 14.3 Å². The van der Waals surface area contributed by atoms with Gasteiger partial charge in [0.2, 0.25) is 11.8 Å². The Morgan fingerprint density at radius 3 is 2.95 bits per heavy atom. The van der Waals surface area contributed by atoms with Crippen molar-refractivity contribution in [3.8, 4) is 5.88 Å². The van der Waals surface area contributed by atoms with E-state index in [0.717, 1.165) is 32.4 Å². The number of ether oxygens (including phenoxy) is 2. The van der Waals surface area contributed by atoms with Gasteiger partial charge in [-0.1, -0.05) is 6.07 Å². The lowest BCUT2D eigenvalue weighted by molar-refractivity contribution is -0.193. The molecule has 0 radical (unpaired) electrons. The average Bonchev–Trinajstić information content (AvgIpc) is 3.30. The molecule has 0 N–H and O–H groups in total. The Bertz CT molecular complexity index is 538. The Hall–Kier alpha value is -1.62. The van der Waals surface area contributed by atoms with Gasteiger partial charge in [0.15, 0.2) is 0 Å². The monoisotopic (exact) mass is 302 g/mol. The predicted octanol–water partition coefficient (Wildman–Crippen LogP) is 2.02. The molecule has 1 aromatic heterocycles. The highest BCUT2D eigenvalue weighted by molar-refractivity contribution is 5.78. The third kappa shape index (κ3) is 2.95. The Kier molecular flexibility index (Phi) is 3.53. The van der Waals surface area contributed by atoms with Gasteiger partial charge < -0.3 is 14.4 Å². The molecule has 0 bridgehead atoms. The second-order valence-corrected chi connectivity index (χ2v) is 6.83. The third-order valence-corrected chi connectivity index (χ3v) is 4.84. The molecule has 2 saturated heterocycles. The van der Waals surface area contributed by atoms with Crippen molar-refractivity contribution in [2.45, 2.75) is 43.8 Å². The van der Waals surface area contributed by atoms with Gasteiger partial charge in [-0.2, -0.15) is 0 Å². The van der Waals surface area contributed by atoms with Gasteiger partial charge in [-0.15, -0.1) is 0 Å². The first-order valence-corrected chi connectivity index (χ1v) is 8.22. The van der Waals surface area contributed by atoms with Crippen molar-refractivity contribution in [1.29, 1.82) is 0 Å². The Morgan fingerprint density at radius 1 is 1.36 bits per heavy atom. The van der Waals surface area contributed by atoms with Crippen molar-refractivity contribution in [1.82, 2.24) is 9.88 Å². The summed E-state index contributed by atoms with van der Waals surface area (Å²) in [5, 5.41) is 0. The number of hydrogen-bond donors (Lipinski definition) is 0. The fourth-order valence-electron chi connectivity index (χ4n) is 3.42. The summed E-state index contributed by atoms with van der Waals surface area (Å²) in [7, 11) is 0. The smallest absolute Gasteiger partial charge is 0.223 e. The highest BCUT2D eigenvalue weighted by Crippen LogP contribution is 2.38. The first-order valence-electron chi connectivity index (χ1n) is 8.22. The zero-order valence-electron chi connectivity index (χ0n) is 12.7. The molecule has 3 heterocycles. The van der Waals surface area contributed by atoms with Crippen LogP contribution in [0.15, 0.2) is 24.4 Å². The number of amides is 1. The maximum atomic E-state index is 12.1. The highest BCUT2D eigenvalue weighted by Gasteiger charge is 2.50. The van der Waals surface area contributed by atoms with Gasteiger partial charge in [0.05, 0.1) is 19.7 Å². The number of likely N-dealkylation sites (tertiary alicyclic amines) is 1. The summed E-state index contributed by atoms with van der Waals surface area (Å²) in [6.45, 7) is 2.14. The molecule has 5 heteroatoms. The number of pyridine rings is 1. The first-order chi connectivity index (χ1) is 10.7. The lowest BCUT2D eigenvalue weighted by Gasteiger charge is -2.52. The molecule has 1 spiro atoms. The van der Waals surface area contributed by atoms with Crippen molar-refractivity contribution in [3.05, 3.63) is 24.4 Å². The van der Waals surface area contributed by atoms with Gasteiger partial charge in [0, 0.05) is 31.5 Å². The van der Waals surface area contributed by atoms with Gasteiger partial charge in [0.1, 0.15) is 11.7 Å². The third-order valence-electron chi connectivity index (χ3n) is 4.84. The SMILES string of the molecule is O=C(CC1CC1)N1CC2(CC(Oc3ccccn3)CCO2)C1. The van der Waals surface area contributed by atoms with E-state index in [4.69, 9.17) is 9.47 Å². The summed E-state index contributed by atoms with van der Waals surface area (Å²) in [5.74, 6) is 1.62. The standard InChI is InChI=1S/C17H22N2O3/c20-16(9-13-4-5-13)19-11-17(12-19)10-14(6-8-21-17)22-15-3-1-2-7-18-15/h1-3,7,13-14H,4-6,8-12H2. The Balaban J connectivity index is 1.31. The molecular weight excluding hydrogens is 280 g/mol. The molecule has 3 aliphatic rings. The van der Waals surface area contributed by atoms with Crippen LogP contribution in [0, 0.1) is 5.92 Å². The molecule has 22 heavy (non-hydrogen) atoms. The number of carbonyl (C=O) groups is 1. The number of rotatable bonds is 4. The minimum absolute atomic E-state index is 0.129. The largest absolute Gasteiger partial charge is 0.474 e. The molecule has 4 rings (SSSR count). The maximum Gasteiger partial charge on any atom is 0.223 e. The summed E-state index contributed by atoms with van der Waals surface area (Å²) in [6.07, 6.45) is 6.77. The van der Waals surface area contributed by atoms with Gasteiger partial charge in [0.25, 0.3) is 0 Å². The molecule has 1 amide bonds. The van der Waals surface area contributed by atoms with Crippen LogP contribution in [0.3, 0.4) is 0 Å². The summed E-state index contributed by atoms with van der Waals surface area (Å²) >= 11 is 0. The van der Waals surface area contributed by atoms with E-state index in [-0.39, 0.29) is 11.7 Å². The molecule has 5 nitrogen and oxygen atoms in total. The van der Waals surface area contributed by atoms with E-state index in [1.807, 2.05) is 23.1 Å². The van der Waals surface area contributed by atoms with Crippen LogP contribution >= 0.6 is 0 Å². The van der Waals surface area contributed by atoms with E-state index in [0.29, 0.717) is 24.3 Å². The first kappa shape index (κ1) is 14.0. The van der Waals surface area contributed by atoms with E-state index in [1.54, 1.807) is 6.20 Å². The molecule has 3 fully saturated rings. The van der Waals surface area contributed by atoms with E-state index in [2.05, 4.69) is 4.98 Å². The van der Waals surface area contributed by atoms with E-state index >= 15 is 0 Å². The second kappa shape index (κ2) is 5.54. The normalized spacial score (nSPS) is 26.5. The van der Waals surface area contributed by atoms with Crippen molar-refractivity contribution >= 4 is 5.91 Å². The van der Waals surface area contributed by atoms with Crippen LogP contribution < -0.4 is 4.74 Å². The van der Waals surface area contributed by atoms with Crippen LogP contribution in [0.2, 0.25) is 0 Å². The molecule has 1 unspecified atom stereocenters. The van der Waals surface area contributed by atoms with Crippen molar-refractivity contribution in [2.24, 2.45) is 5.92 Å². The van der Waals surface area contributed by atoms with Crippen molar-refractivity contribution in [3.63, 3.8) is 0 Å². The van der Waals surface area contributed by atoms with Crippen LogP contribution in [0.25, 0.3) is 0 Å². The van der Waals surface area contributed by atoms with Gasteiger partial charge >= 0.3 is 0 Å². The molecule has 1 atom stereocenters. The molecule has 0 aromatic carbocycles. The van der Waals surface area contributed by atoms with Crippen LogP contribution in [-0.4, -0.2) is 47.2 Å². The zero-order chi connectivity index (χ0) is 15.0. The number of nitrogens with zero attached hydrogens (tertiary/aromatic N) is 2. The Labute approximate surface area is 130 Å². The summed E-state index contributed by atoms with van der Waals surface area (Å²) in [6, 6.07) is 5.70. The second-order valence-electron chi connectivity index (χ2n) is 6.83. The maximum absolute atomic E-state index is 12.1. The Morgan fingerprint density at radius 2 is 2.23 bits per heavy atom. The number of carbonyl (C=O) groups excluding carboxylic acids is 1. The summed E-state index contributed by atoms with van der Waals surface area (Å²) < 4.78 is 11.9. The van der Waals surface area contributed by atoms with Crippen LogP contribution in [0.1, 0.15) is 32.1 Å².